The van der Waals surface area contributed by atoms with E-state index in [-0.39, 0.29) is 0 Å². The normalized spacial score (nSPS) is 10.7. The molecule has 2 N–H and O–H groups in total. The molecule has 0 aliphatic rings. The summed E-state index contributed by atoms with van der Waals surface area (Å²) in [6.45, 7) is 4.68. The predicted molar refractivity (Wildman–Crippen MR) is 132 cm³/mol. The Morgan fingerprint density at radius 3 is 1.45 bits per heavy atom. The van der Waals surface area contributed by atoms with Gasteiger partial charge in [0.1, 0.15) is 24.6 Å². The highest BCUT2D eigenvalue weighted by molar-refractivity contribution is 5.80. The van der Waals surface area contributed by atoms with Gasteiger partial charge in [-0.05, 0) is 12.8 Å². The number of carboxylic acid groups (broad SMARTS) is 2. The Balaban J connectivity index is 2.77. The molecule has 0 radical (unpaired) electrons. The van der Waals surface area contributed by atoms with Crippen molar-refractivity contribution in [1.82, 2.24) is 0 Å². The van der Waals surface area contributed by atoms with Crippen LogP contribution in [0.4, 0.5) is 5.69 Å². The molecule has 0 aliphatic carbocycles. The third-order valence-electron chi connectivity index (χ3n) is 5.42. The molecule has 7 heteroatoms. The monoisotopic (exact) mass is 465 g/mol. The van der Waals surface area contributed by atoms with Crippen molar-refractivity contribution in [2.24, 2.45) is 0 Å². The van der Waals surface area contributed by atoms with E-state index in [0.717, 1.165) is 25.7 Å². The lowest BCUT2D eigenvalue weighted by molar-refractivity contribution is -0.136. The summed E-state index contributed by atoms with van der Waals surface area (Å²) in [6.07, 6.45) is 13.9. The van der Waals surface area contributed by atoms with Gasteiger partial charge in [-0.15, -0.1) is 0 Å². The number of hydrogen-bond acceptors (Lipinski definition) is 5. The van der Waals surface area contributed by atoms with Gasteiger partial charge in [-0.3, -0.25) is 9.59 Å². The van der Waals surface area contributed by atoms with E-state index in [1.54, 1.807) is 18.2 Å². The number of nitrogens with zero attached hydrogens (tertiary/aromatic N) is 1. The molecule has 0 heterocycles. The smallest absolute Gasteiger partial charge is 0.323 e. The molecule has 33 heavy (non-hydrogen) atoms. The first-order valence-corrected chi connectivity index (χ1v) is 12.6. The second kappa shape index (κ2) is 18.0. The SMILES string of the molecule is CCCCCCCCOc1cc(OCCCCCCCC)cc(N(CC(=O)O)CC(=O)O)c1. The summed E-state index contributed by atoms with van der Waals surface area (Å²) in [4.78, 5) is 23.9. The van der Waals surface area contributed by atoms with Crippen molar-refractivity contribution >= 4 is 17.6 Å². The van der Waals surface area contributed by atoms with Crippen LogP contribution in [0.15, 0.2) is 18.2 Å². The predicted octanol–water partition coefficient (Wildman–Crippen LogP) is 6.14. The first-order chi connectivity index (χ1) is 16.0. The summed E-state index contributed by atoms with van der Waals surface area (Å²) < 4.78 is 11.8. The van der Waals surface area contributed by atoms with Gasteiger partial charge < -0.3 is 24.6 Å². The average Bonchev–Trinajstić information content (AvgIpc) is 2.76. The molecule has 0 saturated heterocycles. The number of aliphatic carboxylic acids is 2. The third-order valence-corrected chi connectivity index (χ3v) is 5.42. The molecule has 0 saturated carbocycles. The van der Waals surface area contributed by atoms with Crippen LogP contribution in [0, 0.1) is 0 Å². The maximum absolute atomic E-state index is 11.3. The van der Waals surface area contributed by atoms with E-state index in [1.165, 1.54) is 56.3 Å². The zero-order valence-corrected chi connectivity index (χ0v) is 20.5. The van der Waals surface area contributed by atoms with E-state index in [9.17, 15) is 19.8 Å². The van der Waals surface area contributed by atoms with Crippen LogP contribution in [-0.4, -0.2) is 48.5 Å². The van der Waals surface area contributed by atoms with Gasteiger partial charge in [0.05, 0.1) is 13.2 Å². The van der Waals surface area contributed by atoms with Gasteiger partial charge in [-0.1, -0.05) is 78.1 Å². The highest BCUT2D eigenvalue weighted by Crippen LogP contribution is 2.29. The third kappa shape index (κ3) is 14.3. The maximum Gasteiger partial charge on any atom is 0.323 e. The van der Waals surface area contributed by atoms with Gasteiger partial charge in [0, 0.05) is 23.9 Å². The van der Waals surface area contributed by atoms with Crippen molar-refractivity contribution in [3.8, 4) is 11.5 Å². The number of anilines is 1. The number of rotatable bonds is 21. The van der Waals surface area contributed by atoms with Crippen LogP contribution in [0.1, 0.15) is 90.9 Å². The van der Waals surface area contributed by atoms with Crippen molar-refractivity contribution in [2.45, 2.75) is 90.9 Å². The molecule has 7 nitrogen and oxygen atoms in total. The molecule has 1 aromatic carbocycles. The Kier molecular flexibility index (Phi) is 15.6. The molecule has 0 amide bonds. The second-order valence-corrected chi connectivity index (χ2v) is 8.54. The summed E-state index contributed by atoms with van der Waals surface area (Å²) in [5.41, 5.74) is 0.471. The van der Waals surface area contributed by atoms with Crippen LogP contribution in [0.2, 0.25) is 0 Å². The fourth-order valence-electron chi connectivity index (χ4n) is 3.62. The minimum absolute atomic E-state index is 0.413. The van der Waals surface area contributed by atoms with Crippen LogP contribution in [-0.2, 0) is 9.59 Å². The second-order valence-electron chi connectivity index (χ2n) is 8.54. The average molecular weight is 466 g/mol. The molecule has 188 valence electrons. The van der Waals surface area contributed by atoms with Crippen molar-refractivity contribution < 1.29 is 29.3 Å². The largest absolute Gasteiger partial charge is 0.493 e. The molecule has 0 bridgehead atoms. The first kappa shape index (κ1) is 28.6. The molecule has 1 aromatic rings. The Labute approximate surface area is 199 Å². The summed E-state index contributed by atoms with van der Waals surface area (Å²) in [5, 5.41) is 18.4. The number of ether oxygens (including phenoxy) is 2. The van der Waals surface area contributed by atoms with E-state index >= 15 is 0 Å². The molecule has 0 aliphatic heterocycles. The highest BCUT2D eigenvalue weighted by atomic mass is 16.5. The maximum atomic E-state index is 11.3. The Bertz CT molecular complexity index is 626. The molecular weight excluding hydrogens is 422 g/mol. The number of benzene rings is 1. The molecule has 0 spiro atoms. The minimum Gasteiger partial charge on any atom is -0.493 e. The van der Waals surface area contributed by atoms with Crippen LogP contribution in [0.25, 0.3) is 0 Å². The van der Waals surface area contributed by atoms with E-state index in [2.05, 4.69) is 13.8 Å². The van der Waals surface area contributed by atoms with Crippen molar-refractivity contribution in [3.63, 3.8) is 0 Å². The number of hydrogen-bond donors (Lipinski definition) is 2. The zero-order valence-electron chi connectivity index (χ0n) is 20.5. The Hall–Kier alpha value is -2.44. The lowest BCUT2D eigenvalue weighted by atomic mass is 10.1. The summed E-state index contributed by atoms with van der Waals surface area (Å²) >= 11 is 0. The van der Waals surface area contributed by atoms with E-state index in [4.69, 9.17) is 9.47 Å². The quantitative estimate of drug-likeness (QED) is 0.210. The molecular formula is C26H43NO6. The molecule has 1 rings (SSSR count). The van der Waals surface area contributed by atoms with E-state index in [1.807, 2.05) is 0 Å². The van der Waals surface area contributed by atoms with Gasteiger partial charge in [0.15, 0.2) is 0 Å². The Morgan fingerprint density at radius 2 is 1.06 bits per heavy atom. The lowest BCUT2D eigenvalue weighted by Gasteiger charge is -2.22. The zero-order chi connectivity index (χ0) is 24.3. The van der Waals surface area contributed by atoms with Gasteiger partial charge in [-0.2, -0.15) is 0 Å². The van der Waals surface area contributed by atoms with Gasteiger partial charge >= 0.3 is 11.9 Å². The summed E-state index contributed by atoms with van der Waals surface area (Å²) in [7, 11) is 0. The summed E-state index contributed by atoms with van der Waals surface area (Å²) in [5.74, 6) is -1.05. The number of carboxylic acids is 2. The van der Waals surface area contributed by atoms with Crippen LogP contribution in [0.5, 0.6) is 11.5 Å². The fourth-order valence-corrected chi connectivity index (χ4v) is 3.62. The standard InChI is InChI=1S/C26H43NO6/c1-3-5-7-9-11-13-15-32-23-17-22(27(20-25(28)29)21-26(30)31)18-24(19-23)33-16-14-12-10-8-6-4-2/h17-19H,3-16,20-21H2,1-2H3,(H,28,29)(H,30,31). The first-order valence-electron chi connectivity index (χ1n) is 12.6. The van der Waals surface area contributed by atoms with Crippen LogP contribution >= 0.6 is 0 Å². The van der Waals surface area contributed by atoms with Gasteiger partial charge in [0.25, 0.3) is 0 Å². The van der Waals surface area contributed by atoms with Gasteiger partial charge in [0.2, 0.25) is 0 Å². The number of carbonyl (C=O) groups is 2. The van der Waals surface area contributed by atoms with E-state index < -0.39 is 25.0 Å². The molecule has 0 unspecified atom stereocenters. The van der Waals surface area contributed by atoms with Crippen LogP contribution < -0.4 is 14.4 Å². The van der Waals surface area contributed by atoms with E-state index in [0.29, 0.717) is 30.4 Å². The molecule has 0 aromatic heterocycles. The fraction of sp³-hybridized carbons (Fsp3) is 0.692. The van der Waals surface area contributed by atoms with Crippen molar-refractivity contribution in [1.29, 1.82) is 0 Å². The Morgan fingerprint density at radius 1 is 0.667 bits per heavy atom. The van der Waals surface area contributed by atoms with Crippen molar-refractivity contribution in [2.75, 3.05) is 31.2 Å². The summed E-state index contributed by atoms with van der Waals surface area (Å²) in [6, 6.07) is 5.19. The van der Waals surface area contributed by atoms with Gasteiger partial charge in [-0.25, -0.2) is 0 Å². The lowest BCUT2D eigenvalue weighted by Crippen LogP contribution is -2.34. The highest BCUT2D eigenvalue weighted by Gasteiger charge is 2.16. The van der Waals surface area contributed by atoms with Crippen molar-refractivity contribution in [3.05, 3.63) is 18.2 Å². The minimum atomic E-state index is -1.09. The molecule has 0 fully saturated rings. The van der Waals surface area contributed by atoms with Crippen LogP contribution in [0.3, 0.4) is 0 Å². The molecule has 0 atom stereocenters. The topological polar surface area (TPSA) is 96.3 Å². The number of unbranched alkanes of at least 4 members (excludes halogenated alkanes) is 10.